The highest BCUT2D eigenvalue weighted by molar-refractivity contribution is 5.98. The van der Waals surface area contributed by atoms with Crippen LogP contribution in [0.1, 0.15) is 38.3 Å². The molecule has 5 heteroatoms. The van der Waals surface area contributed by atoms with Gasteiger partial charge in [-0.25, -0.2) is 4.39 Å². The summed E-state index contributed by atoms with van der Waals surface area (Å²) in [6.07, 6.45) is 1.08. The molecular formula is C15H24FN3O. The molecule has 0 aromatic heterocycles. The van der Waals surface area contributed by atoms with Gasteiger partial charge in [-0.1, -0.05) is 25.1 Å². The maximum Gasteiger partial charge on any atom is 0.170 e. The lowest BCUT2D eigenvalue weighted by Crippen LogP contribution is -2.31. The van der Waals surface area contributed by atoms with Gasteiger partial charge in [0.2, 0.25) is 0 Å². The van der Waals surface area contributed by atoms with Crippen LogP contribution in [0.25, 0.3) is 0 Å². The van der Waals surface area contributed by atoms with Crippen molar-refractivity contribution in [2.45, 2.75) is 39.8 Å². The lowest BCUT2D eigenvalue weighted by atomic mass is 10.0. The summed E-state index contributed by atoms with van der Waals surface area (Å²) in [6, 6.07) is 4.78. The van der Waals surface area contributed by atoms with E-state index in [2.05, 4.69) is 30.8 Å². The summed E-state index contributed by atoms with van der Waals surface area (Å²) in [4.78, 5) is 2.18. The van der Waals surface area contributed by atoms with E-state index in [1.165, 1.54) is 12.1 Å². The fraction of sp³-hybridized carbons (Fsp3) is 0.533. The number of rotatable bonds is 6. The van der Waals surface area contributed by atoms with Crippen molar-refractivity contribution in [2.75, 3.05) is 7.05 Å². The largest absolute Gasteiger partial charge is 0.409 e. The van der Waals surface area contributed by atoms with Gasteiger partial charge in [0.05, 0.1) is 0 Å². The molecule has 0 fully saturated rings. The van der Waals surface area contributed by atoms with Crippen molar-refractivity contribution in [3.63, 3.8) is 0 Å². The lowest BCUT2D eigenvalue weighted by molar-refractivity contribution is 0.220. The summed E-state index contributed by atoms with van der Waals surface area (Å²) in [5.41, 5.74) is 6.90. The van der Waals surface area contributed by atoms with E-state index in [0.29, 0.717) is 24.1 Å². The first-order valence-electron chi connectivity index (χ1n) is 6.81. The fourth-order valence-electron chi connectivity index (χ4n) is 2.27. The number of halogens is 1. The van der Waals surface area contributed by atoms with E-state index in [-0.39, 0.29) is 5.84 Å². The Morgan fingerprint density at radius 3 is 2.60 bits per heavy atom. The Labute approximate surface area is 120 Å². The fourth-order valence-corrected chi connectivity index (χ4v) is 2.27. The summed E-state index contributed by atoms with van der Waals surface area (Å²) in [7, 11) is 2.02. The topological polar surface area (TPSA) is 61.8 Å². The highest BCUT2D eigenvalue weighted by Gasteiger charge is 2.15. The minimum absolute atomic E-state index is 0.0654. The smallest absolute Gasteiger partial charge is 0.170 e. The summed E-state index contributed by atoms with van der Waals surface area (Å²) < 4.78 is 13.3. The SMILES string of the molecule is CC(C)CC(C)N(C)Cc1ccc(F)cc1C(N)=NO. The number of benzene rings is 1. The van der Waals surface area contributed by atoms with E-state index in [4.69, 9.17) is 10.9 Å². The van der Waals surface area contributed by atoms with Crippen molar-refractivity contribution in [3.8, 4) is 0 Å². The van der Waals surface area contributed by atoms with E-state index < -0.39 is 5.82 Å². The Bertz CT molecular complexity index is 474. The molecular weight excluding hydrogens is 257 g/mol. The van der Waals surface area contributed by atoms with Gasteiger partial charge in [-0.15, -0.1) is 0 Å². The quantitative estimate of drug-likeness (QED) is 0.365. The van der Waals surface area contributed by atoms with Crippen LogP contribution in [-0.4, -0.2) is 29.0 Å². The van der Waals surface area contributed by atoms with Gasteiger partial charge in [-0.2, -0.15) is 0 Å². The zero-order valence-electron chi connectivity index (χ0n) is 12.6. The number of nitrogens with two attached hydrogens (primary N) is 1. The third-order valence-corrected chi connectivity index (χ3v) is 3.44. The van der Waals surface area contributed by atoms with Gasteiger partial charge in [0, 0.05) is 18.2 Å². The second-order valence-corrected chi connectivity index (χ2v) is 5.68. The van der Waals surface area contributed by atoms with E-state index >= 15 is 0 Å². The first-order valence-corrected chi connectivity index (χ1v) is 6.81. The van der Waals surface area contributed by atoms with Crippen LogP contribution in [0, 0.1) is 11.7 Å². The number of nitrogens with zero attached hydrogens (tertiary/aromatic N) is 2. The molecule has 1 atom stereocenters. The van der Waals surface area contributed by atoms with E-state index in [1.807, 2.05) is 7.05 Å². The summed E-state index contributed by atoms with van der Waals surface area (Å²) in [5.74, 6) is 0.154. The second kappa shape index (κ2) is 7.24. The van der Waals surface area contributed by atoms with Crippen molar-refractivity contribution in [2.24, 2.45) is 16.8 Å². The molecule has 0 aliphatic heterocycles. The summed E-state index contributed by atoms with van der Waals surface area (Å²) in [5, 5.41) is 11.8. The highest BCUT2D eigenvalue weighted by atomic mass is 19.1. The van der Waals surface area contributed by atoms with Gasteiger partial charge in [0.1, 0.15) is 5.82 Å². The standard InChI is InChI=1S/C15H24FN3O/c1-10(2)7-11(3)19(4)9-12-5-6-13(16)8-14(12)15(17)18-20/h5-6,8,10-11,20H,7,9H2,1-4H3,(H2,17,18). The summed E-state index contributed by atoms with van der Waals surface area (Å²) >= 11 is 0. The molecule has 0 bridgehead atoms. The molecule has 0 aliphatic carbocycles. The van der Waals surface area contributed by atoms with Gasteiger partial charge in [-0.3, -0.25) is 4.90 Å². The van der Waals surface area contributed by atoms with Crippen molar-refractivity contribution in [3.05, 3.63) is 35.1 Å². The molecule has 112 valence electrons. The predicted octanol–water partition coefficient (Wildman–Crippen LogP) is 2.79. The normalized spacial score (nSPS) is 14.1. The van der Waals surface area contributed by atoms with Gasteiger partial charge in [0.25, 0.3) is 0 Å². The number of hydrogen-bond donors (Lipinski definition) is 2. The molecule has 0 saturated heterocycles. The molecule has 20 heavy (non-hydrogen) atoms. The van der Waals surface area contributed by atoms with Crippen molar-refractivity contribution >= 4 is 5.84 Å². The molecule has 0 spiro atoms. The van der Waals surface area contributed by atoms with E-state index in [1.54, 1.807) is 6.07 Å². The van der Waals surface area contributed by atoms with Crippen LogP contribution < -0.4 is 5.73 Å². The van der Waals surface area contributed by atoms with Crippen molar-refractivity contribution in [1.29, 1.82) is 0 Å². The first kappa shape index (κ1) is 16.4. The average molecular weight is 281 g/mol. The molecule has 1 aromatic carbocycles. The maximum absolute atomic E-state index is 13.3. The zero-order chi connectivity index (χ0) is 15.3. The van der Waals surface area contributed by atoms with Gasteiger partial charge < -0.3 is 10.9 Å². The zero-order valence-corrected chi connectivity index (χ0v) is 12.6. The van der Waals surface area contributed by atoms with Crippen molar-refractivity contribution in [1.82, 2.24) is 4.90 Å². The van der Waals surface area contributed by atoms with Crippen LogP contribution >= 0.6 is 0 Å². The molecule has 3 N–H and O–H groups in total. The van der Waals surface area contributed by atoms with Crippen LogP contribution in [0.5, 0.6) is 0 Å². The number of hydrogen-bond acceptors (Lipinski definition) is 3. The molecule has 4 nitrogen and oxygen atoms in total. The Morgan fingerprint density at radius 1 is 1.40 bits per heavy atom. The molecule has 1 aromatic rings. The van der Waals surface area contributed by atoms with Crippen LogP contribution in [0.2, 0.25) is 0 Å². The second-order valence-electron chi connectivity index (χ2n) is 5.68. The average Bonchev–Trinajstić information content (AvgIpc) is 2.38. The minimum atomic E-state index is -0.395. The number of amidine groups is 1. The number of oxime groups is 1. The molecule has 1 unspecified atom stereocenters. The van der Waals surface area contributed by atoms with E-state index in [9.17, 15) is 4.39 Å². The molecule has 1 rings (SSSR count). The van der Waals surface area contributed by atoms with Crippen molar-refractivity contribution < 1.29 is 9.60 Å². The Balaban J connectivity index is 2.92. The molecule has 0 amide bonds. The Hall–Kier alpha value is -1.62. The van der Waals surface area contributed by atoms with E-state index in [0.717, 1.165) is 12.0 Å². The maximum atomic E-state index is 13.3. The van der Waals surface area contributed by atoms with Crippen LogP contribution in [0.15, 0.2) is 23.4 Å². The Morgan fingerprint density at radius 2 is 2.05 bits per heavy atom. The predicted molar refractivity (Wildman–Crippen MR) is 79.3 cm³/mol. The molecule has 0 heterocycles. The summed E-state index contributed by atoms with van der Waals surface area (Å²) in [6.45, 7) is 7.15. The minimum Gasteiger partial charge on any atom is -0.409 e. The highest BCUT2D eigenvalue weighted by Crippen LogP contribution is 2.17. The molecule has 0 saturated carbocycles. The van der Waals surface area contributed by atoms with Crippen LogP contribution in [-0.2, 0) is 6.54 Å². The Kier molecular flexibility index (Phi) is 5.95. The van der Waals surface area contributed by atoms with Gasteiger partial charge >= 0.3 is 0 Å². The first-order chi connectivity index (χ1) is 9.35. The third-order valence-electron chi connectivity index (χ3n) is 3.44. The third kappa shape index (κ3) is 4.49. The monoisotopic (exact) mass is 281 g/mol. The van der Waals surface area contributed by atoms with Gasteiger partial charge in [0.15, 0.2) is 5.84 Å². The van der Waals surface area contributed by atoms with Crippen LogP contribution in [0.4, 0.5) is 4.39 Å². The van der Waals surface area contributed by atoms with Gasteiger partial charge in [-0.05, 0) is 44.0 Å². The molecule has 0 radical (unpaired) electrons. The lowest BCUT2D eigenvalue weighted by Gasteiger charge is -2.27. The van der Waals surface area contributed by atoms with Crippen LogP contribution in [0.3, 0.4) is 0 Å². The molecule has 0 aliphatic rings.